The van der Waals surface area contributed by atoms with Gasteiger partial charge in [0.15, 0.2) is 0 Å². The third-order valence-electron chi connectivity index (χ3n) is 4.49. The van der Waals surface area contributed by atoms with Crippen molar-refractivity contribution in [3.05, 3.63) is 24.3 Å². The number of para-hydroxylation sites is 2. The summed E-state index contributed by atoms with van der Waals surface area (Å²) < 4.78 is 1.80. The van der Waals surface area contributed by atoms with E-state index in [1.54, 1.807) is 4.57 Å². The number of carbonyl (C=O) groups is 1. The summed E-state index contributed by atoms with van der Waals surface area (Å²) in [4.78, 5) is 18.7. The van der Waals surface area contributed by atoms with E-state index < -0.39 is 0 Å². The number of rotatable bonds is 3. The Morgan fingerprint density at radius 1 is 1.33 bits per heavy atom. The molecule has 0 spiro atoms. The van der Waals surface area contributed by atoms with Crippen LogP contribution in [0.3, 0.4) is 0 Å². The lowest BCUT2D eigenvalue weighted by Crippen LogP contribution is -2.40. The van der Waals surface area contributed by atoms with E-state index in [9.17, 15) is 4.79 Å². The molecule has 1 aliphatic carbocycles. The van der Waals surface area contributed by atoms with E-state index in [0.29, 0.717) is 12.0 Å². The van der Waals surface area contributed by atoms with Gasteiger partial charge in [-0.1, -0.05) is 31.4 Å². The third kappa shape index (κ3) is 2.73. The molecule has 1 saturated carbocycles. The average Bonchev–Trinajstić information content (AvgIpc) is 2.83. The summed E-state index contributed by atoms with van der Waals surface area (Å²) in [5.41, 5.74) is 7.71. The van der Waals surface area contributed by atoms with Crippen LogP contribution in [0.5, 0.6) is 0 Å². The second kappa shape index (κ2) is 5.76. The zero-order valence-electron chi connectivity index (χ0n) is 12.5. The Morgan fingerprint density at radius 3 is 2.81 bits per heavy atom. The molecule has 112 valence electrons. The van der Waals surface area contributed by atoms with Crippen molar-refractivity contribution in [3.63, 3.8) is 0 Å². The van der Waals surface area contributed by atoms with E-state index in [-0.39, 0.29) is 12.5 Å². The van der Waals surface area contributed by atoms with Gasteiger partial charge >= 0.3 is 0 Å². The Bertz CT molecular complexity index is 643. The number of fused-ring (bicyclic) bond motifs is 1. The lowest BCUT2D eigenvalue weighted by molar-refractivity contribution is -0.133. The summed E-state index contributed by atoms with van der Waals surface area (Å²) >= 11 is 0. The molecule has 0 atom stereocenters. The van der Waals surface area contributed by atoms with Gasteiger partial charge in [0, 0.05) is 13.1 Å². The van der Waals surface area contributed by atoms with E-state index in [4.69, 9.17) is 5.73 Å². The fourth-order valence-corrected chi connectivity index (χ4v) is 3.18. The molecule has 2 aromatic rings. The van der Waals surface area contributed by atoms with Crippen molar-refractivity contribution in [3.8, 4) is 0 Å². The van der Waals surface area contributed by atoms with Crippen molar-refractivity contribution < 1.29 is 4.79 Å². The zero-order chi connectivity index (χ0) is 14.8. The first-order chi connectivity index (χ1) is 10.2. The first-order valence-corrected chi connectivity index (χ1v) is 7.63. The number of aromatic nitrogens is 2. The Kier molecular flexibility index (Phi) is 3.82. The molecule has 1 heterocycles. The molecule has 1 amide bonds. The quantitative estimate of drug-likeness (QED) is 0.942. The first kappa shape index (κ1) is 13.9. The van der Waals surface area contributed by atoms with E-state index in [0.717, 1.165) is 23.9 Å². The van der Waals surface area contributed by atoms with Crippen LogP contribution < -0.4 is 5.73 Å². The van der Waals surface area contributed by atoms with Gasteiger partial charge in [0.25, 0.3) is 0 Å². The van der Waals surface area contributed by atoms with Crippen LogP contribution in [0.1, 0.15) is 32.1 Å². The van der Waals surface area contributed by atoms with Crippen molar-refractivity contribution in [1.29, 1.82) is 0 Å². The summed E-state index contributed by atoms with van der Waals surface area (Å²) in [5.74, 6) is 0.512. The van der Waals surface area contributed by atoms with Gasteiger partial charge in [-0.2, -0.15) is 0 Å². The lowest BCUT2D eigenvalue weighted by Gasteiger charge is -2.31. The normalized spacial score (nSPS) is 16.2. The number of hydrogen-bond donors (Lipinski definition) is 1. The van der Waals surface area contributed by atoms with Gasteiger partial charge in [0.2, 0.25) is 11.9 Å². The number of nitrogens with two attached hydrogens (primary N) is 1. The minimum atomic E-state index is 0.108. The summed E-state index contributed by atoms with van der Waals surface area (Å²) in [5, 5.41) is 0. The monoisotopic (exact) mass is 286 g/mol. The van der Waals surface area contributed by atoms with Gasteiger partial charge in [-0.15, -0.1) is 0 Å². The molecule has 5 nitrogen and oxygen atoms in total. The maximum absolute atomic E-state index is 12.5. The van der Waals surface area contributed by atoms with Crippen LogP contribution in [-0.4, -0.2) is 33.4 Å². The largest absolute Gasteiger partial charge is 0.369 e. The summed E-state index contributed by atoms with van der Waals surface area (Å²) in [6.45, 7) is 0.263. The summed E-state index contributed by atoms with van der Waals surface area (Å²) in [6, 6.07) is 8.11. The number of imidazole rings is 1. The zero-order valence-corrected chi connectivity index (χ0v) is 12.5. The Morgan fingerprint density at radius 2 is 2.05 bits per heavy atom. The van der Waals surface area contributed by atoms with E-state index in [1.807, 2.05) is 36.2 Å². The average molecular weight is 286 g/mol. The number of benzene rings is 1. The Labute approximate surface area is 124 Å². The highest BCUT2D eigenvalue weighted by atomic mass is 16.2. The van der Waals surface area contributed by atoms with Crippen LogP contribution in [0.4, 0.5) is 5.95 Å². The number of anilines is 1. The molecule has 1 aromatic carbocycles. The van der Waals surface area contributed by atoms with Gasteiger partial charge in [0.05, 0.1) is 11.0 Å². The molecule has 1 fully saturated rings. The predicted octanol–water partition coefficient (Wildman–Crippen LogP) is 2.41. The number of nitrogens with zero attached hydrogens (tertiary/aromatic N) is 3. The van der Waals surface area contributed by atoms with Crippen LogP contribution >= 0.6 is 0 Å². The highest BCUT2D eigenvalue weighted by molar-refractivity contribution is 5.82. The van der Waals surface area contributed by atoms with Crippen molar-refractivity contribution >= 4 is 22.9 Å². The number of nitrogen functional groups attached to an aromatic ring is 1. The minimum Gasteiger partial charge on any atom is -0.369 e. The number of carbonyl (C=O) groups excluding carboxylic acids is 1. The molecule has 1 aliphatic rings. The highest BCUT2D eigenvalue weighted by Gasteiger charge is 2.23. The molecule has 1 aromatic heterocycles. The first-order valence-electron chi connectivity index (χ1n) is 7.63. The van der Waals surface area contributed by atoms with E-state index >= 15 is 0 Å². The molecular formula is C16H22N4O. The van der Waals surface area contributed by atoms with Crippen LogP contribution in [0, 0.1) is 0 Å². The van der Waals surface area contributed by atoms with Crippen LogP contribution in [-0.2, 0) is 11.3 Å². The molecule has 0 aliphatic heterocycles. The fourth-order valence-electron chi connectivity index (χ4n) is 3.18. The van der Waals surface area contributed by atoms with Gasteiger partial charge in [-0.3, -0.25) is 4.79 Å². The predicted molar refractivity (Wildman–Crippen MR) is 83.8 cm³/mol. The molecule has 3 rings (SSSR count). The van der Waals surface area contributed by atoms with E-state index in [1.165, 1.54) is 19.3 Å². The Hall–Kier alpha value is -2.04. The summed E-state index contributed by atoms with van der Waals surface area (Å²) in [6.07, 6.45) is 5.96. The van der Waals surface area contributed by atoms with Gasteiger partial charge in [-0.05, 0) is 25.0 Å². The van der Waals surface area contributed by atoms with Gasteiger partial charge in [-0.25, -0.2) is 4.98 Å². The molecule has 0 radical (unpaired) electrons. The van der Waals surface area contributed by atoms with Crippen molar-refractivity contribution in [2.75, 3.05) is 12.8 Å². The van der Waals surface area contributed by atoms with Crippen LogP contribution in [0.25, 0.3) is 11.0 Å². The van der Waals surface area contributed by atoms with Crippen molar-refractivity contribution in [1.82, 2.24) is 14.5 Å². The minimum absolute atomic E-state index is 0.108. The SMILES string of the molecule is CN(C(=O)Cn1c(N)nc2ccccc21)C1CCCCC1. The molecule has 21 heavy (non-hydrogen) atoms. The van der Waals surface area contributed by atoms with Gasteiger partial charge in [0.1, 0.15) is 6.54 Å². The van der Waals surface area contributed by atoms with Crippen LogP contribution in [0.15, 0.2) is 24.3 Å². The molecule has 0 bridgehead atoms. The summed E-state index contributed by atoms with van der Waals surface area (Å²) in [7, 11) is 1.91. The van der Waals surface area contributed by atoms with Crippen molar-refractivity contribution in [2.45, 2.75) is 44.7 Å². The lowest BCUT2D eigenvalue weighted by atomic mass is 9.94. The second-order valence-corrected chi connectivity index (χ2v) is 5.84. The highest BCUT2D eigenvalue weighted by Crippen LogP contribution is 2.23. The van der Waals surface area contributed by atoms with Crippen molar-refractivity contribution in [2.24, 2.45) is 0 Å². The maximum atomic E-state index is 12.5. The standard InChI is InChI=1S/C16H22N4O/c1-19(12-7-3-2-4-8-12)15(21)11-20-14-10-6-5-9-13(14)18-16(20)17/h5-6,9-10,12H,2-4,7-8,11H2,1H3,(H2,17,18). The maximum Gasteiger partial charge on any atom is 0.242 e. The Balaban J connectivity index is 1.78. The molecular weight excluding hydrogens is 264 g/mol. The number of likely N-dealkylation sites (N-methyl/N-ethyl adjacent to an activating group) is 1. The topological polar surface area (TPSA) is 64.2 Å². The molecule has 0 saturated heterocycles. The molecule has 5 heteroatoms. The van der Waals surface area contributed by atoms with E-state index in [2.05, 4.69) is 4.98 Å². The number of hydrogen-bond acceptors (Lipinski definition) is 3. The molecule has 0 unspecified atom stereocenters. The number of amides is 1. The third-order valence-corrected chi connectivity index (χ3v) is 4.49. The molecule has 2 N–H and O–H groups in total. The van der Waals surface area contributed by atoms with Gasteiger partial charge < -0.3 is 15.2 Å². The fraction of sp³-hybridized carbons (Fsp3) is 0.500. The smallest absolute Gasteiger partial charge is 0.242 e. The van der Waals surface area contributed by atoms with Crippen LogP contribution in [0.2, 0.25) is 0 Å². The second-order valence-electron chi connectivity index (χ2n) is 5.84.